The maximum atomic E-state index is 8.74. The Kier molecular flexibility index (Phi) is 4.22. The van der Waals surface area contributed by atoms with Gasteiger partial charge >= 0.3 is 0 Å². The Morgan fingerprint density at radius 1 is 1.53 bits per heavy atom. The van der Waals surface area contributed by atoms with Gasteiger partial charge in [-0.2, -0.15) is 0 Å². The number of rotatable bonds is 2. The quantitative estimate of drug-likeness (QED) is 0.813. The van der Waals surface area contributed by atoms with E-state index in [0.29, 0.717) is 6.04 Å². The number of likely N-dealkylation sites (tertiary alicyclic amines) is 1. The normalized spacial score (nSPS) is 24.6. The van der Waals surface area contributed by atoms with Crippen LogP contribution in [0, 0.1) is 17.8 Å². The average Bonchev–Trinajstić information content (AvgIpc) is 2.84. The van der Waals surface area contributed by atoms with Crippen LogP contribution in [-0.4, -0.2) is 29.2 Å². The SMILES string of the molecule is CC1CC(C)N(Cc2sccc2C#CCO)C1. The number of thiophene rings is 1. The molecule has 0 saturated carbocycles. The summed E-state index contributed by atoms with van der Waals surface area (Å²) in [5.74, 6) is 6.56. The van der Waals surface area contributed by atoms with Gasteiger partial charge in [0.1, 0.15) is 6.61 Å². The van der Waals surface area contributed by atoms with E-state index in [1.165, 1.54) is 17.8 Å². The van der Waals surface area contributed by atoms with Gasteiger partial charge in [-0.15, -0.1) is 11.3 Å². The van der Waals surface area contributed by atoms with Gasteiger partial charge < -0.3 is 5.11 Å². The molecule has 2 rings (SSSR count). The van der Waals surface area contributed by atoms with Crippen LogP contribution in [0.25, 0.3) is 0 Å². The summed E-state index contributed by atoms with van der Waals surface area (Å²) in [6.45, 7) is 6.74. The Hall–Kier alpha value is -0.820. The summed E-state index contributed by atoms with van der Waals surface area (Å²) in [6, 6.07) is 2.72. The monoisotopic (exact) mass is 249 g/mol. The van der Waals surface area contributed by atoms with Crippen LogP contribution >= 0.6 is 11.3 Å². The van der Waals surface area contributed by atoms with Crippen LogP contribution in [0.5, 0.6) is 0 Å². The lowest BCUT2D eigenvalue weighted by atomic mass is 10.1. The molecule has 1 aliphatic rings. The number of hydrogen-bond acceptors (Lipinski definition) is 3. The molecule has 0 bridgehead atoms. The van der Waals surface area contributed by atoms with Gasteiger partial charge in [-0.05, 0) is 30.7 Å². The van der Waals surface area contributed by atoms with Crippen molar-refractivity contribution in [1.29, 1.82) is 0 Å². The molecular formula is C14H19NOS. The molecule has 1 aliphatic heterocycles. The minimum absolute atomic E-state index is 0.0631. The largest absolute Gasteiger partial charge is 0.384 e. The Labute approximate surface area is 107 Å². The van der Waals surface area contributed by atoms with Crippen LogP contribution in [0.15, 0.2) is 11.4 Å². The summed E-state index contributed by atoms with van der Waals surface area (Å²) in [6.07, 6.45) is 1.29. The topological polar surface area (TPSA) is 23.5 Å². The zero-order valence-electron chi connectivity index (χ0n) is 10.4. The Balaban J connectivity index is 2.06. The van der Waals surface area contributed by atoms with Crippen molar-refractivity contribution in [3.63, 3.8) is 0 Å². The van der Waals surface area contributed by atoms with E-state index in [-0.39, 0.29) is 6.61 Å². The Morgan fingerprint density at radius 3 is 3.00 bits per heavy atom. The minimum atomic E-state index is -0.0631. The molecular weight excluding hydrogens is 230 g/mol. The van der Waals surface area contributed by atoms with Crippen molar-refractivity contribution in [2.45, 2.75) is 32.9 Å². The van der Waals surface area contributed by atoms with E-state index in [9.17, 15) is 0 Å². The first-order chi connectivity index (χ1) is 8.20. The molecule has 1 aromatic heterocycles. The van der Waals surface area contributed by atoms with Gasteiger partial charge in [0.15, 0.2) is 0 Å². The van der Waals surface area contributed by atoms with Gasteiger partial charge in [0.2, 0.25) is 0 Å². The lowest BCUT2D eigenvalue weighted by Crippen LogP contribution is -2.26. The van der Waals surface area contributed by atoms with Crippen molar-refractivity contribution >= 4 is 11.3 Å². The highest BCUT2D eigenvalue weighted by atomic mass is 32.1. The van der Waals surface area contributed by atoms with Gasteiger partial charge in [0.05, 0.1) is 0 Å². The first-order valence-electron chi connectivity index (χ1n) is 6.11. The molecule has 3 heteroatoms. The third-order valence-corrected chi connectivity index (χ3v) is 4.21. The Bertz CT molecular complexity index is 429. The van der Waals surface area contributed by atoms with Gasteiger partial charge in [-0.3, -0.25) is 4.90 Å². The van der Waals surface area contributed by atoms with Crippen LogP contribution in [0.3, 0.4) is 0 Å². The molecule has 0 amide bonds. The molecule has 1 aromatic rings. The molecule has 17 heavy (non-hydrogen) atoms. The third kappa shape index (κ3) is 3.10. The van der Waals surface area contributed by atoms with E-state index in [0.717, 1.165) is 18.0 Å². The van der Waals surface area contributed by atoms with Gasteiger partial charge in [0, 0.05) is 29.6 Å². The maximum Gasteiger partial charge on any atom is 0.104 e. The lowest BCUT2D eigenvalue weighted by Gasteiger charge is -2.20. The molecule has 2 heterocycles. The smallest absolute Gasteiger partial charge is 0.104 e. The van der Waals surface area contributed by atoms with Crippen LogP contribution in [0.1, 0.15) is 30.7 Å². The predicted octanol–water partition coefficient (Wildman–Crippen LogP) is 2.32. The zero-order chi connectivity index (χ0) is 12.3. The summed E-state index contributed by atoms with van der Waals surface area (Å²) in [4.78, 5) is 3.85. The summed E-state index contributed by atoms with van der Waals surface area (Å²) in [7, 11) is 0. The molecule has 2 nitrogen and oxygen atoms in total. The Morgan fingerprint density at radius 2 is 2.35 bits per heavy atom. The average molecular weight is 249 g/mol. The van der Waals surface area contributed by atoms with E-state index < -0.39 is 0 Å². The summed E-state index contributed by atoms with van der Waals surface area (Å²) < 4.78 is 0. The third-order valence-electron chi connectivity index (χ3n) is 3.31. The fraction of sp³-hybridized carbons (Fsp3) is 0.571. The molecule has 0 radical (unpaired) electrons. The summed E-state index contributed by atoms with van der Waals surface area (Å²) >= 11 is 1.76. The molecule has 2 unspecified atom stereocenters. The molecule has 1 fully saturated rings. The fourth-order valence-corrected chi connectivity index (χ4v) is 3.36. The van der Waals surface area contributed by atoms with E-state index in [2.05, 4.69) is 36.0 Å². The molecule has 92 valence electrons. The van der Waals surface area contributed by atoms with Gasteiger partial charge in [-0.1, -0.05) is 18.8 Å². The first kappa shape index (κ1) is 12.6. The lowest BCUT2D eigenvalue weighted by molar-refractivity contribution is 0.259. The summed E-state index contributed by atoms with van der Waals surface area (Å²) in [5.41, 5.74) is 1.08. The van der Waals surface area contributed by atoms with E-state index in [4.69, 9.17) is 5.11 Å². The highest BCUT2D eigenvalue weighted by Gasteiger charge is 2.26. The number of nitrogens with zero attached hydrogens (tertiary/aromatic N) is 1. The second kappa shape index (κ2) is 5.68. The second-order valence-corrected chi connectivity index (χ2v) is 5.84. The van der Waals surface area contributed by atoms with Crippen molar-refractivity contribution < 1.29 is 5.11 Å². The zero-order valence-corrected chi connectivity index (χ0v) is 11.3. The summed E-state index contributed by atoms with van der Waals surface area (Å²) in [5, 5.41) is 10.8. The highest BCUT2D eigenvalue weighted by molar-refractivity contribution is 7.10. The molecule has 0 aliphatic carbocycles. The molecule has 1 saturated heterocycles. The predicted molar refractivity (Wildman–Crippen MR) is 71.9 cm³/mol. The molecule has 0 aromatic carbocycles. The number of hydrogen-bond donors (Lipinski definition) is 1. The van der Waals surface area contributed by atoms with Crippen molar-refractivity contribution in [2.75, 3.05) is 13.2 Å². The van der Waals surface area contributed by atoms with Crippen LogP contribution in [0.4, 0.5) is 0 Å². The first-order valence-corrected chi connectivity index (χ1v) is 6.98. The fourth-order valence-electron chi connectivity index (χ4n) is 2.50. The highest BCUT2D eigenvalue weighted by Crippen LogP contribution is 2.27. The van der Waals surface area contributed by atoms with Crippen molar-refractivity contribution in [1.82, 2.24) is 4.90 Å². The molecule has 2 atom stereocenters. The molecule has 1 N–H and O–H groups in total. The van der Waals surface area contributed by atoms with E-state index >= 15 is 0 Å². The van der Waals surface area contributed by atoms with Gasteiger partial charge in [0.25, 0.3) is 0 Å². The second-order valence-electron chi connectivity index (χ2n) is 4.84. The maximum absolute atomic E-state index is 8.74. The van der Waals surface area contributed by atoms with E-state index in [1.807, 2.05) is 6.07 Å². The number of aliphatic hydroxyl groups is 1. The standard InChI is InChI=1S/C14H19NOS/c1-11-8-12(2)15(9-11)10-14-13(4-3-6-16)5-7-17-14/h5,7,11-12,16H,6,8-10H2,1-2H3. The van der Waals surface area contributed by atoms with Crippen molar-refractivity contribution in [3.8, 4) is 11.8 Å². The van der Waals surface area contributed by atoms with Gasteiger partial charge in [-0.25, -0.2) is 0 Å². The molecule has 0 spiro atoms. The van der Waals surface area contributed by atoms with Crippen LogP contribution < -0.4 is 0 Å². The minimum Gasteiger partial charge on any atom is -0.384 e. The van der Waals surface area contributed by atoms with Crippen LogP contribution in [-0.2, 0) is 6.54 Å². The van der Waals surface area contributed by atoms with E-state index in [1.54, 1.807) is 11.3 Å². The van der Waals surface area contributed by atoms with Crippen molar-refractivity contribution in [3.05, 3.63) is 21.9 Å². The number of aliphatic hydroxyl groups excluding tert-OH is 1. The van der Waals surface area contributed by atoms with Crippen molar-refractivity contribution in [2.24, 2.45) is 5.92 Å². The van der Waals surface area contributed by atoms with Crippen LogP contribution in [0.2, 0.25) is 0 Å².